The number of amides is 2. The topological polar surface area (TPSA) is 76.6 Å². The Bertz CT molecular complexity index is 731. The molecule has 0 bridgehead atoms. The van der Waals surface area contributed by atoms with Crippen LogP contribution in [0.4, 0.5) is 10.1 Å². The van der Waals surface area contributed by atoms with E-state index in [1.165, 1.54) is 12.1 Å². The summed E-state index contributed by atoms with van der Waals surface area (Å²) in [6, 6.07) is 12.4. The van der Waals surface area contributed by atoms with E-state index >= 15 is 0 Å². The molecule has 0 saturated heterocycles. The minimum Gasteiger partial charge on any atom is -0.366 e. The van der Waals surface area contributed by atoms with Gasteiger partial charge in [-0.1, -0.05) is 12.1 Å². The Morgan fingerprint density at radius 3 is 2.46 bits per heavy atom. The van der Waals surface area contributed by atoms with Gasteiger partial charge in [-0.05, 0) is 43.3 Å². The number of primary amides is 1. The first kappa shape index (κ1) is 17.6. The molecule has 0 aliphatic rings. The number of likely N-dealkylation sites (N-methyl/N-ethyl adjacent to an activating group) is 1. The van der Waals surface area contributed by atoms with Gasteiger partial charge >= 0.3 is 0 Å². The van der Waals surface area contributed by atoms with Crippen molar-refractivity contribution in [3.05, 3.63) is 65.5 Å². The fourth-order valence-corrected chi connectivity index (χ4v) is 2.31. The third-order valence-corrected chi connectivity index (χ3v) is 3.94. The predicted octanol–water partition coefficient (Wildman–Crippen LogP) is 0.966. The molecule has 0 saturated carbocycles. The van der Waals surface area contributed by atoms with Gasteiger partial charge in [-0.2, -0.15) is 0 Å². The zero-order chi connectivity index (χ0) is 17.7. The van der Waals surface area contributed by atoms with Crippen LogP contribution >= 0.6 is 0 Å². The van der Waals surface area contributed by atoms with Crippen molar-refractivity contribution < 1.29 is 18.9 Å². The summed E-state index contributed by atoms with van der Waals surface area (Å²) >= 11 is 0. The summed E-state index contributed by atoms with van der Waals surface area (Å²) in [5.74, 6) is -0.955. The van der Waals surface area contributed by atoms with Gasteiger partial charge in [0.05, 0.1) is 7.05 Å². The number of rotatable bonds is 6. The van der Waals surface area contributed by atoms with Crippen LogP contribution in [0.1, 0.15) is 22.8 Å². The highest BCUT2D eigenvalue weighted by Crippen LogP contribution is 2.09. The van der Waals surface area contributed by atoms with Gasteiger partial charge in [-0.3, -0.25) is 9.59 Å². The minimum absolute atomic E-state index is 0.157. The molecule has 0 radical (unpaired) electrons. The molecule has 6 heteroatoms. The van der Waals surface area contributed by atoms with Gasteiger partial charge in [0.2, 0.25) is 5.91 Å². The summed E-state index contributed by atoms with van der Waals surface area (Å²) in [5.41, 5.74) is 6.99. The largest absolute Gasteiger partial charge is 0.366 e. The lowest BCUT2D eigenvalue weighted by atomic mass is 10.1. The highest BCUT2D eigenvalue weighted by molar-refractivity contribution is 5.95. The van der Waals surface area contributed by atoms with Crippen molar-refractivity contribution in [3.63, 3.8) is 0 Å². The molecule has 1 unspecified atom stereocenters. The molecular weight excluding hydrogens is 309 g/mol. The SMILES string of the molecule is C[C@H](C(=O)Nc1ccc(C(N)=O)cc1)[NH+](C)Cc1cccc(F)c1. The molecule has 2 amide bonds. The summed E-state index contributed by atoms with van der Waals surface area (Å²) in [6.07, 6.45) is 0. The lowest BCUT2D eigenvalue weighted by Gasteiger charge is -2.21. The number of anilines is 1. The van der Waals surface area contributed by atoms with Crippen LogP contribution in [0.5, 0.6) is 0 Å². The molecule has 0 aliphatic carbocycles. The number of nitrogens with two attached hydrogens (primary N) is 1. The van der Waals surface area contributed by atoms with Crippen molar-refractivity contribution in [2.45, 2.75) is 19.5 Å². The summed E-state index contributed by atoms with van der Waals surface area (Å²) in [7, 11) is 1.88. The number of carbonyl (C=O) groups is 2. The van der Waals surface area contributed by atoms with Crippen molar-refractivity contribution in [1.82, 2.24) is 0 Å². The number of quaternary nitrogens is 1. The van der Waals surface area contributed by atoms with Gasteiger partial charge in [0.1, 0.15) is 12.4 Å². The van der Waals surface area contributed by atoms with Crippen LogP contribution in [0.25, 0.3) is 0 Å². The van der Waals surface area contributed by atoms with Crippen molar-refractivity contribution in [2.24, 2.45) is 5.73 Å². The van der Waals surface area contributed by atoms with Gasteiger partial charge in [0.25, 0.3) is 5.91 Å². The van der Waals surface area contributed by atoms with Crippen LogP contribution in [-0.4, -0.2) is 24.9 Å². The Morgan fingerprint density at radius 1 is 1.21 bits per heavy atom. The number of nitrogens with one attached hydrogen (secondary N) is 2. The molecule has 2 atom stereocenters. The van der Waals surface area contributed by atoms with Crippen molar-refractivity contribution >= 4 is 17.5 Å². The minimum atomic E-state index is -0.513. The molecule has 126 valence electrons. The van der Waals surface area contributed by atoms with Crippen LogP contribution in [0.15, 0.2) is 48.5 Å². The van der Waals surface area contributed by atoms with Gasteiger partial charge in [-0.15, -0.1) is 0 Å². The average Bonchev–Trinajstić information content (AvgIpc) is 2.54. The van der Waals surface area contributed by atoms with E-state index in [0.717, 1.165) is 10.5 Å². The van der Waals surface area contributed by atoms with E-state index in [4.69, 9.17) is 5.73 Å². The molecule has 2 rings (SSSR count). The number of hydrogen-bond acceptors (Lipinski definition) is 2. The lowest BCUT2D eigenvalue weighted by Crippen LogP contribution is -3.12. The van der Waals surface area contributed by atoms with Gasteiger partial charge < -0.3 is 16.0 Å². The van der Waals surface area contributed by atoms with Crippen molar-refractivity contribution in [1.29, 1.82) is 0 Å². The van der Waals surface area contributed by atoms with Crippen LogP contribution < -0.4 is 16.0 Å². The average molecular weight is 330 g/mol. The monoisotopic (exact) mass is 330 g/mol. The van der Waals surface area contributed by atoms with E-state index in [1.54, 1.807) is 30.3 Å². The van der Waals surface area contributed by atoms with Crippen molar-refractivity contribution in [2.75, 3.05) is 12.4 Å². The maximum absolute atomic E-state index is 13.2. The molecule has 4 N–H and O–H groups in total. The molecule has 24 heavy (non-hydrogen) atoms. The standard InChI is InChI=1S/C18H20FN3O2/c1-12(22(2)11-13-4-3-5-15(19)10-13)18(24)21-16-8-6-14(7-9-16)17(20)23/h3-10,12H,11H2,1-2H3,(H2,20,23)(H,21,24)/p+1/t12-/m1/s1. The Morgan fingerprint density at radius 2 is 1.88 bits per heavy atom. The van der Waals surface area contributed by atoms with E-state index in [0.29, 0.717) is 17.8 Å². The highest BCUT2D eigenvalue weighted by atomic mass is 19.1. The molecule has 0 heterocycles. The van der Waals surface area contributed by atoms with Crippen LogP contribution in [-0.2, 0) is 11.3 Å². The quantitative estimate of drug-likeness (QED) is 0.738. The maximum Gasteiger partial charge on any atom is 0.282 e. The number of halogens is 1. The molecule has 5 nitrogen and oxygen atoms in total. The number of benzene rings is 2. The summed E-state index contributed by atoms with van der Waals surface area (Å²) in [5, 5.41) is 2.80. The third kappa shape index (κ3) is 4.63. The van der Waals surface area contributed by atoms with Gasteiger partial charge in [-0.25, -0.2) is 4.39 Å². The summed E-state index contributed by atoms with van der Waals surface area (Å²) in [6.45, 7) is 2.34. The third-order valence-electron chi connectivity index (χ3n) is 3.94. The fraction of sp³-hybridized carbons (Fsp3) is 0.222. The second kappa shape index (κ2) is 7.70. The zero-order valence-electron chi connectivity index (χ0n) is 13.7. The summed E-state index contributed by atoms with van der Waals surface area (Å²) < 4.78 is 13.2. The van der Waals surface area contributed by atoms with E-state index in [9.17, 15) is 14.0 Å². The van der Waals surface area contributed by atoms with Crippen LogP contribution in [0.2, 0.25) is 0 Å². The molecule has 2 aromatic rings. The fourth-order valence-electron chi connectivity index (χ4n) is 2.31. The first-order valence-corrected chi connectivity index (χ1v) is 7.64. The molecule has 0 aliphatic heterocycles. The second-order valence-corrected chi connectivity index (χ2v) is 5.81. The Balaban J connectivity index is 1.96. The number of carbonyl (C=O) groups excluding carboxylic acids is 2. The van der Waals surface area contributed by atoms with E-state index in [2.05, 4.69) is 5.32 Å². The van der Waals surface area contributed by atoms with Crippen LogP contribution in [0, 0.1) is 5.82 Å². The van der Waals surface area contributed by atoms with Gasteiger partial charge in [0.15, 0.2) is 6.04 Å². The molecule has 0 aromatic heterocycles. The van der Waals surface area contributed by atoms with Gasteiger partial charge in [0, 0.05) is 16.8 Å². The normalized spacial score (nSPS) is 13.1. The Labute approximate surface area is 140 Å². The second-order valence-electron chi connectivity index (χ2n) is 5.81. The zero-order valence-corrected chi connectivity index (χ0v) is 13.7. The maximum atomic E-state index is 13.2. The number of hydrogen-bond donors (Lipinski definition) is 3. The molecule has 2 aromatic carbocycles. The van der Waals surface area contributed by atoms with E-state index < -0.39 is 5.91 Å². The highest BCUT2D eigenvalue weighted by Gasteiger charge is 2.22. The molecular formula is C18H21FN3O2+. The summed E-state index contributed by atoms with van der Waals surface area (Å²) in [4.78, 5) is 24.3. The Hall–Kier alpha value is -2.73. The van der Waals surface area contributed by atoms with Crippen LogP contribution in [0.3, 0.4) is 0 Å². The predicted molar refractivity (Wildman–Crippen MR) is 90.0 cm³/mol. The van der Waals surface area contributed by atoms with E-state index in [1.807, 2.05) is 20.0 Å². The lowest BCUT2D eigenvalue weighted by molar-refractivity contribution is -0.907. The molecule has 0 spiro atoms. The van der Waals surface area contributed by atoms with Crippen molar-refractivity contribution in [3.8, 4) is 0 Å². The smallest absolute Gasteiger partial charge is 0.282 e. The Kier molecular flexibility index (Phi) is 5.65. The van der Waals surface area contributed by atoms with E-state index in [-0.39, 0.29) is 17.8 Å². The molecule has 0 fully saturated rings. The first-order valence-electron chi connectivity index (χ1n) is 7.64. The first-order chi connectivity index (χ1) is 11.4.